The number of nitrogens with zero attached hydrogens (tertiary/aromatic N) is 1. The van der Waals surface area contributed by atoms with E-state index in [0.717, 1.165) is 12.8 Å². The number of sulfonamides is 1. The molecule has 0 aromatic heterocycles. The van der Waals surface area contributed by atoms with Crippen LogP contribution in [0.3, 0.4) is 0 Å². The molecule has 0 aromatic carbocycles. The highest BCUT2D eigenvalue weighted by atomic mass is 35.7. The van der Waals surface area contributed by atoms with Gasteiger partial charge in [-0.1, -0.05) is 0 Å². The Kier molecular flexibility index (Phi) is 3.79. The van der Waals surface area contributed by atoms with Crippen molar-refractivity contribution in [3.05, 3.63) is 0 Å². The number of rotatable bonds is 4. The van der Waals surface area contributed by atoms with Gasteiger partial charge in [0.25, 0.3) is 0 Å². The molecule has 1 rings (SSSR count). The molecule has 1 aliphatic heterocycles. The summed E-state index contributed by atoms with van der Waals surface area (Å²) in [4.78, 5) is 0. The van der Waals surface area contributed by atoms with Crippen molar-refractivity contribution in [2.75, 3.05) is 24.6 Å². The lowest BCUT2D eigenvalue weighted by Crippen LogP contribution is -2.32. The highest BCUT2D eigenvalue weighted by Crippen LogP contribution is 2.13. The van der Waals surface area contributed by atoms with E-state index in [9.17, 15) is 16.8 Å². The standard InChI is InChI=1S/C6H12ClNO4S2/c7-13(9,10)5-6-14(11,12)8-3-1-2-4-8/h1-6H2. The maximum absolute atomic E-state index is 11.5. The molecule has 0 amide bonds. The summed E-state index contributed by atoms with van der Waals surface area (Å²) < 4.78 is 45.4. The summed E-state index contributed by atoms with van der Waals surface area (Å²) in [6.07, 6.45) is 1.68. The maximum atomic E-state index is 11.5. The van der Waals surface area contributed by atoms with Gasteiger partial charge < -0.3 is 0 Å². The quantitative estimate of drug-likeness (QED) is 0.667. The van der Waals surface area contributed by atoms with E-state index < -0.39 is 30.6 Å². The molecule has 1 heterocycles. The molecular formula is C6H12ClNO4S2. The van der Waals surface area contributed by atoms with Crippen molar-refractivity contribution in [2.24, 2.45) is 0 Å². The van der Waals surface area contributed by atoms with E-state index in [2.05, 4.69) is 0 Å². The molecule has 1 saturated heterocycles. The summed E-state index contributed by atoms with van der Waals surface area (Å²) in [5.41, 5.74) is 0. The summed E-state index contributed by atoms with van der Waals surface area (Å²) in [6, 6.07) is 0. The van der Waals surface area contributed by atoms with Gasteiger partial charge in [0, 0.05) is 23.8 Å². The van der Waals surface area contributed by atoms with Crippen LogP contribution in [0.4, 0.5) is 0 Å². The second kappa shape index (κ2) is 4.34. The highest BCUT2D eigenvalue weighted by Gasteiger charge is 2.26. The van der Waals surface area contributed by atoms with Crippen LogP contribution < -0.4 is 0 Å². The molecule has 14 heavy (non-hydrogen) atoms. The van der Waals surface area contributed by atoms with Gasteiger partial charge in [0.05, 0.1) is 11.5 Å². The van der Waals surface area contributed by atoms with Crippen LogP contribution in [-0.2, 0) is 19.1 Å². The molecule has 0 radical (unpaired) electrons. The van der Waals surface area contributed by atoms with E-state index in [-0.39, 0.29) is 0 Å². The summed E-state index contributed by atoms with van der Waals surface area (Å²) in [5, 5.41) is 0. The fourth-order valence-corrected chi connectivity index (χ4v) is 4.58. The smallest absolute Gasteiger partial charge is 0.212 e. The van der Waals surface area contributed by atoms with Crippen molar-refractivity contribution in [3.8, 4) is 0 Å². The predicted octanol–water partition coefficient (Wildman–Crippen LogP) is -0.0194. The van der Waals surface area contributed by atoms with Crippen molar-refractivity contribution in [2.45, 2.75) is 12.8 Å². The van der Waals surface area contributed by atoms with Gasteiger partial charge >= 0.3 is 0 Å². The Bertz CT molecular complexity index is 382. The Hall–Kier alpha value is 0.150. The highest BCUT2D eigenvalue weighted by molar-refractivity contribution is 8.14. The second-order valence-corrected chi connectivity index (χ2v) is 8.15. The largest absolute Gasteiger partial charge is 0.233 e. The maximum Gasteiger partial charge on any atom is 0.233 e. The first-order chi connectivity index (χ1) is 6.31. The van der Waals surface area contributed by atoms with Gasteiger partial charge in [-0.15, -0.1) is 0 Å². The first kappa shape index (κ1) is 12.2. The minimum Gasteiger partial charge on any atom is -0.212 e. The van der Waals surface area contributed by atoms with Crippen LogP contribution in [0.2, 0.25) is 0 Å². The van der Waals surface area contributed by atoms with Crippen LogP contribution in [0.1, 0.15) is 12.8 Å². The van der Waals surface area contributed by atoms with Crippen molar-refractivity contribution >= 4 is 29.8 Å². The van der Waals surface area contributed by atoms with Gasteiger partial charge in [0.15, 0.2) is 0 Å². The van der Waals surface area contributed by atoms with Crippen molar-refractivity contribution in [1.29, 1.82) is 0 Å². The van der Waals surface area contributed by atoms with E-state index >= 15 is 0 Å². The van der Waals surface area contributed by atoms with E-state index in [0.29, 0.717) is 13.1 Å². The lowest BCUT2D eigenvalue weighted by molar-refractivity contribution is 0.478. The second-order valence-electron chi connectivity index (χ2n) is 3.17. The predicted molar refractivity (Wildman–Crippen MR) is 54.2 cm³/mol. The summed E-state index contributed by atoms with van der Waals surface area (Å²) in [5.74, 6) is -0.938. The molecule has 5 nitrogen and oxygen atoms in total. The zero-order chi connectivity index (χ0) is 10.8. The molecule has 0 aliphatic carbocycles. The monoisotopic (exact) mass is 261 g/mol. The van der Waals surface area contributed by atoms with Gasteiger partial charge in [-0.25, -0.2) is 21.1 Å². The molecule has 0 saturated carbocycles. The molecule has 0 N–H and O–H groups in total. The Balaban J connectivity index is 2.58. The number of halogens is 1. The van der Waals surface area contributed by atoms with Crippen LogP contribution in [0.5, 0.6) is 0 Å². The van der Waals surface area contributed by atoms with Gasteiger partial charge in [-0.2, -0.15) is 0 Å². The third-order valence-corrected chi connectivity index (χ3v) is 5.33. The van der Waals surface area contributed by atoms with Gasteiger partial charge in [0.2, 0.25) is 19.1 Å². The van der Waals surface area contributed by atoms with Crippen LogP contribution in [0, 0.1) is 0 Å². The lowest BCUT2D eigenvalue weighted by atomic mass is 10.4. The average Bonchev–Trinajstić information content (AvgIpc) is 2.52. The molecule has 0 unspecified atom stereocenters. The third-order valence-electron chi connectivity index (χ3n) is 2.04. The van der Waals surface area contributed by atoms with E-state index in [1.54, 1.807) is 0 Å². The Morgan fingerprint density at radius 2 is 1.50 bits per heavy atom. The Labute approximate surface area is 88.5 Å². The molecule has 1 aliphatic rings. The molecule has 1 fully saturated rings. The van der Waals surface area contributed by atoms with Crippen molar-refractivity contribution < 1.29 is 16.8 Å². The van der Waals surface area contributed by atoms with Gasteiger partial charge in [-0.3, -0.25) is 0 Å². The molecule has 8 heteroatoms. The summed E-state index contributed by atoms with van der Waals surface area (Å²) in [6.45, 7) is 0.981. The van der Waals surface area contributed by atoms with Crippen LogP contribution >= 0.6 is 10.7 Å². The fraction of sp³-hybridized carbons (Fsp3) is 1.00. The minimum atomic E-state index is -3.72. The number of hydrogen-bond acceptors (Lipinski definition) is 4. The van der Waals surface area contributed by atoms with E-state index in [1.807, 2.05) is 0 Å². The molecule has 0 bridgehead atoms. The lowest BCUT2D eigenvalue weighted by Gasteiger charge is -2.14. The van der Waals surface area contributed by atoms with Crippen LogP contribution in [0.15, 0.2) is 0 Å². The minimum absolute atomic E-state index is 0.418. The molecule has 84 valence electrons. The first-order valence-corrected chi connectivity index (χ1v) is 8.30. The molecule has 0 atom stereocenters. The average molecular weight is 262 g/mol. The van der Waals surface area contributed by atoms with Gasteiger partial charge in [0.1, 0.15) is 0 Å². The topological polar surface area (TPSA) is 71.5 Å². The van der Waals surface area contributed by atoms with Crippen molar-refractivity contribution in [1.82, 2.24) is 4.31 Å². The first-order valence-electron chi connectivity index (χ1n) is 4.21. The zero-order valence-corrected chi connectivity index (χ0v) is 9.91. The van der Waals surface area contributed by atoms with Crippen molar-refractivity contribution in [3.63, 3.8) is 0 Å². The van der Waals surface area contributed by atoms with Crippen LogP contribution in [-0.4, -0.2) is 45.7 Å². The summed E-state index contributed by atoms with van der Waals surface area (Å²) >= 11 is 0. The Morgan fingerprint density at radius 3 is 1.93 bits per heavy atom. The van der Waals surface area contributed by atoms with E-state index in [4.69, 9.17) is 10.7 Å². The third kappa shape index (κ3) is 3.72. The normalized spacial score (nSPS) is 20.1. The molecular weight excluding hydrogens is 250 g/mol. The zero-order valence-electron chi connectivity index (χ0n) is 7.52. The fourth-order valence-electron chi connectivity index (χ4n) is 1.30. The molecule has 0 aromatic rings. The van der Waals surface area contributed by atoms with Crippen LogP contribution in [0.25, 0.3) is 0 Å². The number of hydrogen-bond donors (Lipinski definition) is 0. The van der Waals surface area contributed by atoms with Gasteiger partial charge in [-0.05, 0) is 12.8 Å². The Morgan fingerprint density at radius 1 is 1.00 bits per heavy atom. The molecule has 0 spiro atoms. The summed E-state index contributed by atoms with van der Waals surface area (Å²) in [7, 11) is -2.21. The SMILES string of the molecule is O=S(=O)(Cl)CCS(=O)(=O)N1CCCC1. The van der Waals surface area contributed by atoms with E-state index in [1.165, 1.54) is 4.31 Å².